The Morgan fingerprint density at radius 1 is 0.377 bits per heavy atom. The van der Waals surface area contributed by atoms with Gasteiger partial charge >= 0.3 is 0 Å². The highest BCUT2D eigenvalue weighted by molar-refractivity contribution is 8.33. The van der Waals surface area contributed by atoms with Crippen LogP contribution in [0.2, 0.25) is 0 Å². The average molecular weight is 700 g/mol. The quantitative estimate of drug-likeness (QED) is 0.172. The maximum Gasteiger partial charge on any atom is 0.159 e. The minimum absolute atomic E-state index is 0.872. The van der Waals surface area contributed by atoms with Crippen LogP contribution in [0.5, 0.6) is 0 Å². The molecule has 2 nitrogen and oxygen atoms in total. The fourth-order valence-electron chi connectivity index (χ4n) is 8.37. The summed E-state index contributed by atoms with van der Waals surface area (Å²) in [6.45, 7) is 0. The number of fused-ring (bicyclic) bond motifs is 6. The molecule has 0 N–H and O–H groups in total. The Morgan fingerprint density at radius 2 is 0.887 bits per heavy atom. The van der Waals surface area contributed by atoms with Crippen molar-refractivity contribution in [2.45, 2.75) is 9.79 Å². The molecule has 8 aromatic carbocycles. The van der Waals surface area contributed by atoms with Gasteiger partial charge in [0.2, 0.25) is 0 Å². The van der Waals surface area contributed by atoms with Crippen molar-refractivity contribution in [3.63, 3.8) is 0 Å². The van der Waals surface area contributed by atoms with Gasteiger partial charge in [-0.25, -0.2) is 0 Å². The van der Waals surface area contributed by atoms with Crippen LogP contribution in [0, 0.1) is 0 Å². The molecule has 9 aromatic rings. The van der Waals surface area contributed by atoms with E-state index in [0.29, 0.717) is 0 Å². The van der Waals surface area contributed by atoms with Gasteiger partial charge in [-0.3, -0.25) is 0 Å². The van der Waals surface area contributed by atoms with E-state index in [1.165, 1.54) is 54.3 Å². The SMILES string of the molecule is CS1(C)c2ccccc2-c2c(N(c3cccc(-c4ccccc4)c3-c3ccccc3-c3ccccc3)c3cccc4c3oc3ccccc34)cccc21. The van der Waals surface area contributed by atoms with Gasteiger partial charge in [0.05, 0.1) is 17.1 Å². The minimum Gasteiger partial charge on any atom is -0.454 e. The van der Waals surface area contributed by atoms with E-state index in [2.05, 4.69) is 205 Å². The second kappa shape index (κ2) is 12.4. The Bertz CT molecular complexity index is 2820. The van der Waals surface area contributed by atoms with E-state index >= 15 is 0 Å². The Labute approximate surface area is 311 Å². The minimum atomic E-state index is -1.25. The molecule has 2 heterocycles. The summed E-state index contributed by atoms with van der Waals surface area (Å²) < 4.78 is 6.85. The Morgan fingerprint density at radius 3 is 1.66 bits per heavy atom. The molecular formula is C50H37NOS. The van der Waals surface area contributed by atoms with Crippen LogP contribution in [-0.4, -0.2) is 12.5 Å². The summed E-state index contributed by atoms with van der Waals surface area (Å²) in [5.74, 6) is 0. The summed E-state index contributed by atoms with van der Waals surface area (Å²) in [4.78, 5) is 5.32. The van der Waals surface area contributed by atoms with Gasteiger partial charge in [0.1, 0.15) is 5.58 Å². The Balaban J connectivity index is 1.36. The number of anilines is 3. The smallest absolute Gasteiger partial charge is 0.159 e. The van der Waals surface area contributed by atoms with Crippen LogP contribution in [0.1, 0.15) is 0 Å². The molecule has 0 amide bonds. The molecule has 254 valence electrons. The van der Waals surface area contributed by atoms with Crippen LogP contribution in [0.4, 0.5) is 17.1 Å². The third-order valence-electron chi connectivity index (χ3n) is 10.8. The van der Waals surface area contributed by atoms with Crippen LogP contribution in [0.15, 0.2) is 202 Å². The molecule has 0 saturated heterocycles. The summed E-state index contributed by atoms with van der Waals surface area (Å²) >= 11 is 0. The summed E-state index contributed by atoms with van der Waals surface area (Å²) in [6, 6.07) is 68.1. The zero-order valence-electron chi connectivity index (χ0n) is 29.7. The molecule has 0 aliphatic carbocycles. The largest absolute Gasteiger partial charge is 0.454 e. The number of rotatable bonds is 6. The highest BCUT2D eigenvalue weighted by atomic mass is 32.3. The van der Waals surface area contributed by atoms with Gasteiger partial charge in [-0.1, -0.05) is 152 Å². The van der Waals surface area contributed by atoms with Crippen LogP contribution in [0.25, 0.3) is 66.4 Å². The molecule has 0 atom stereocenters. The van der Waals surface area contributed by atoms with Crippen LogP contribution < -0.4 is 4.90 Å². The summed E-state index contributed by atoms with van der Waals surface area (Å²) in [7, 11) is -1.25. The van der Waals surface area contributed by atoms with E-state index < -0.39 is 10.0 Å². The lowest BCUT2D eigenvalue weighted by molar-refractivity contribution is 0.669. The maximum absolute atomic E-state index is 6.85. The number of nitrogens with zero attached hydrogens (tertiary/aromatic N) is 1. The molecular weight excluding hydrogens is 663 g/mol. The van der Waals surface area contributed by atoms with Gasteiger partial charge in [0.25, 0.3) is 0 Å². The van der Waals surface area contributed by atoms with Crippen molar-refractivity contribution in [1.29, 1.82) is 0 Å². The average Bonchev–Trinajstić information content (AvgIpc) is 3.72. The molecule has 0 spiro atoms. The first-order valence-electron chi connectivity index (χ1n) is 18.1. The normalized spacial score (nSPS) is 13.5. The van der Waals surface area contributed by atoms with Gasteiger partial charge in [-0.15, -0.1) is 0 Å². The van der Waals surface area contributed by atoms with E-state index in [1.807, 2.05) is 0 Å². The van der Waals surface area contributed by atoms with Gasteiger partial charge in [0, 0.05) is 31.7 Å². The molecule has 10 rings (SSSR count). The number of benzene rings is 8. The van der Waals surface area contributed by atoms with Crippen LogP contribution in [-0.2, 0) is 0 Å². The fourth-order valence-corrected chi connectivity index (χ4v) is 10.9. The molecule has 0 bridgehead atoms. The van der Waals surface area contributed by atoms with Gasteiger partial charge in [-0.05, 0) is 82.3 Å². The predicted molar refractivity (Wildman–Crippen MR) is 226 cm³/mol. The van der Waals surface area contributed by atoms with Crippen molar-refractivity contribution in [2.75, 3.05) is 17.4 Å². The van der Waals surface area contributed by atoms with Crippen LogP contribution >= 0.6 is 10.0 Å². The predicted octanol–water partition coefficient (Wildman–Crippen LogP) is 14.5. The Kier molecular flexibility index (Phi) is 7.38. The molecule has 0 unspecified atom stereocenters. The fraction of sp³-hybridized carbons (Fsp3) is 0.0400. The van der Waals surface area contributed by atoms with Crippen molar-refractivity contribution in [3.8, 4) is 44.5 Å². The summed E-state index contributed by atoms with van der Waals surface area (Å²) in [5, 5.41) is 2.22. The van der Waals surface area contributed by atoms with E-state index in [0.717, 1.165) is 39.0 Å². The molecule has 1 aliphatic heterocycles. The highest BCUT2D eigenvalue weighted by Crippen LogP contribution is 2.69. The van der Waals surface area contributed by atoms with E-state index in [9.17, 15) is 0 Å². The second-order valence-corrected chi connectivity index (χ2v) is 17.6. The monoisotopic (exact) mass is 699 g/mol. The third-order valence-corrected chi connectivity index (χ3v) is 13.7. The number of para-hydroxylation sites is 2. The molecule has 0 radical (unpaired) electrons. The van der Waals surface area contributed by atoms with Crippen molar-refractivity contribution >= 4 is 49.0 Å². The first-order chi connectivity index (χ1) is 26.1. The van der Waals surface area contributed by atoms with E-state index in [-0.39, 0.29) is 0 Å². The van der Waals surface area contributed by atoms with Crippen molar-refractivity contribution in [3.05, 3.63) is 188 Å². The lowest BCUT2D eigenvalue weighted by Crippen LogP contribution is -2.13. The van der Waals surface area contributed by atoms with Gasteiger partial charge in [-0.2, -0.15) is 10.0 Å². The molecule has 53 heavy (non-hydrogen) atoms. The van der Waals surface area contributed by atoms with E-state index in [4.69, 9.17) is 4.42 Å². The topological polar surface area (TPSA) is 16.4 Å². The van der Waals surface area contributed by atoms with Crippen molar-refractivity contribution in [1.82, 2.24) is 0 Å². The Hall–Kier alpha value is -6.29. The van der Waals surface area contributed by atoms with Crippen molar-refractivity contribution < 1.29 is 4.42 Å². The van der Waals surface area contributed by atoms with E-state index in [1.54, 1.807) is 0 Å². The molecule has 1 aliphatic rings. The van der Waals surface area contributed by atoms with Gasteiger partial charge < -0.3 is 9.32 Å². The first-order valence-corrected chi connectivity index (χ1v) is 20.5. The maximum atomic E-state index is 6.85. The first kappa shape index (κ1) is 31.4. The molecule has 3 heteroatoms. The lowest BCUT2D eigenvalue weighted by atomic mass is 9.87. The molecule has 0 saturated carbocycles. The second-order valence-electron chi connectivity index (χ2n) is 14.0. The standard InChI is InChI=1S/C50H37NOS/c1-53(2)46-32-14-12-25-41(46)49-43(29-17-33-47(49)53)51(44-30-16-27-40-38-23-11-13-31-45(38)52-50(40)44)42-28-15-26-37(35-20-7-4-8-21-35)48(42)39-24-10-9-22-36(39)34-18-5-3-6-19-34/h3-33H,1-2H3. The zero-order chi connectivity index (χ0) is 35.5. The number of furan rings is 1. The lowest BCUT2D eigenvalue weighted by Gasteiger charge is -2.32. The number of hydrogen-bond donors (Lipinski definition) is 0. The highest BCUT2D eigenvalue weighted by Gasteiger charge is 2.36. The zero-order valence-corrected chi connectivity index (χ0v) is 30.5. The number of hydrogen-bond acceptors (Lipinski definition) is 2. The molecule has 0 fully saturated rings. The summed E-state index contributed by atoms with van der Waals surface area (Å²) in [6.07, 6.45) is 4.87. The van der Waals surface area contributed by atoms with Gasteiger partial charge in [0.15, 0.2) is 5.58 Å². The third kappa shape index (κ3) is 4.96. The van der Waals surface area contributed by atoms with Crippen molar-refractivity contribution in [2.24, 2.45) is 0 Å². The van der Waals surface area contributed by atoms with Crippen LogP contribution in [0.3, 0.4) is 0 Å². The summed E-state index contributed by atoms with van der Waals surface area (Å²) in [5.41, 5.74) is 14.7. The molecule has 1 aromatic heterocycles.